The molecule has 0 N–H and O–H groups in total. The van der Waals surface area contributed by atoms with E-state index < -0.39 is 0 Å². The Morgan fingerprint density at radius 2 is 1.67 bits per heavy atom. The lowest BCUT2D eigenvalue weighted by Gasteiger charge is -2.37. The van der Waals surface area contributed by atoms with Gasteiger partial charge in [0.15, 0.2) is 0 Å². The molecule has 2 heterocycles. The van der Waals surface area contributed by atoms with Crippen molar-refractivity contribution in [2.75, 3.05) is 32.7 Å². The highest BCUT2D eigenvalue weighted by Crippen LogP contribution is 2.19. The van der Waals surface area contributed by atoms with Gasteiger partial charge in [-0.25, -0.2) is 0 Å². The molecule has 15 heavy (non-hydrogen) atoms. The molecular weight excluding hydrogens is 184 g/mol. The average Bonchev–Trinajstić information content (AvgIpc) is 2.85. The molecule has 0 saturated carbocycles. The standard InChI is InChI=1S/C11H22N2.C2H6/c1-2-12-7-5-6-11(10-12)13-8-3-4-9-13;1-2/h11H,2-10H2,1H3;1-2H3. The Morgan fingerprint density at radius 1 is 1.00 bits per heavy atom. The van der Waals surface area contributed by atoms with Crippen LogP contribution in [0.2, 0.25) is 0 Å². The summed E-state index contributed by atoms with van der Waals surface area (Å²) in [6, 6.07) is 0.885. The molecule has 0 aromatic rings. The highest BCUT2D eigenvalue weighted by Gasteiger charge is 2.25. The fourth-order valence-corrected chi connectivity index (χ4v) is 2.72. The lowest BCUT2D eigenvalue weighted by Crippen LogP contribution is -2.46. The summed E-state index contributed by atoms with van der Waals surface area (Å²) in [6.45, 7) is 12.9. The number of rotatable bonds is 2. The molecule has 2 nitrogen and oxygen atoms in total. The highest BCUT2D eigenvalue weighted by molar-refractivity contribution is 4.82. The van der Waals surface area contributed by atoms with E-state index in [9.17, 15) is 0 Å². The van der Waals surface area contributed by atoms with E-state index in [0.29, 0.717) is 0 Å². The topological polar surface area (TPSA) is 6.48 Å². The number of piperidine rings is 1. The normalized spacial score (nSPS) is 28.6. The van der Waals surface area contributed by atoms with Crippen LogP contribution >= 0.6 is 0 Å². The first-order valence-corrected chi connectivity index (χ1v) is 6.86. The summed E-state index contributed by atoms with van der Waals surface area (Å²) in [4.78, 5) is 5.31. The molecule has 0 bridgehead atoms. The Morgan fingerprint density at radius 3 is 2.27 bits per heavy atom. The number of hydrogen-bond acceptors (Lipinski definition) is 2. The summed E-state index contributed by atoms with van der Waals surface area (Å²) < 4.78 is 0. The van der Waals surface area contributed by atoms with E-state index in [1.54, 1.807) is 0 Å². The first-order chi connectivity index (χ1) is 7.40. The van der Waals surface area contributed by atoms with Gasteiger partial charge in [-0.05, 0) is 51.9 Å². The van der Waals surface area contributed by atoms with E-state index in [2.05, 4.69) is 16.7 Å². The van der Waals surface area contributed by atoms with Gasteiger partial charge in [-0.15, -0.1) is 0 Å². The first-order valence-electron chi connectivity index (χ1n) is 6.86. The van der Waals surface area contributed by atoms with Crippen LogP contribution in [-0.4, -0.2) is 48.6 Å². The van der Waals surface area contributed by atoms with Crippen LogP contribution in [0.4, 0.5) is 0 Å². The molecule has 0 amide bonds. The minimum Gasteiger partial charge on any atom is -0.302 e. The maximum absolute atomic E-state index is 2.71. The highest BCUT2D eigenvalue weighted by atomic mass is 15.2. The Kier molecular flexibility index (Phi) is 6.26. The second-order valence-electron chi connectivity index (χ2n) is 4.43. The van der Waals surface area contributed by atoms with Gasteiger partial charge in [-0.1, -0.05) is 20.8 Å². The number of hydrogen-bond donors (Lipinski definition) is 0. The van der Waals surface area contributed by atoms with Gasteiger partial charge >= 0.3 is 0 Å². The summed E-state index contributed by atoms with van der Waals surface area (Å²) in [7, 11) is 0. The van der Waals surface area contributed by atoms with Crippen molar-refractivity contribution in [1.82, 2.24) is 9.80 Å². The van der Waals surface area contributed by atoms with Crippen LogP contribution in [0.3, 0.4) is 0 Å². The molecule has 0 radical (unpaired) electrons. The minimum atomic E-state index is 0.885. The van der Waals surface area contributed by atoms with Crippen LogP contribution in [-0.2, 0) is 0 Å². The quantitative estimate of drug-likeness (QED) is 0.694. The third kappa shape index (κ3) is 3.76. The molecule has 1 unspecified atom stereocenters. The Labute approximate surface area is 95.6 Å². The Hall–Kier alpha value is -0.0800. The molecule has 0 aromatic heterocycles. The molecule has 90 valence electrons. The molecule has 2 aliphatic rings. The molecule has 0 spiro atoms. The zero-order valence-electron chi connectivity index (χ0n) is 10.8. The van der Waals surface area contributed by atoms with Crippen molar-refractivity contribution in [3.63, 3.8) is 0 Å². The molecule has 2 heteroatoms. The van der Waals surface area contributed by atoms with Crippen LogP contribution in [0.25, 0.3) is 0 Å². The van der Waals surface area contributed by atoms with Crippen molar-refractivity contribution in [3.05, 3.63) is 0 Å². The summed E-state index contributed by atoms with van der Waals surface area (Å²) in [5.41, 5.74) is 0. The molecule has 0 aromatic carbocycles. The zero-order valence-corrected chi connectivity index (χ0v) is 10.8. The lowest BCUT2D eigenvalue weighted by atomic mass is 10.0. The fourth-order valence-electron chi connectivity index (χ4n) is 2.72. The van der Waals surface area contributed by atoms with Gasteiger partial charge in [-0.2, -0.15) is 0 Å². The summed E-state index contributed by atoms with van der Waals surface area (Å²) in [5.74, 6) is 0. The van der Waals surface area contributed by atoms with E-state index in [0.717, 1.165) is 6.04 Å². The minimum absolute atomic E-state index is 0.885. The second-order valence-corrected chi connectivity index (χ2v) is 4.43. The molecule has 2 aliphatic heterocycles. The van der Waals surface area contributed by atoms with Crippen LogP contribution in [0.15, 0.2) is 0 Å². The summed E-state index contributed by atoms with van der Waals surface area (Å²) in [6.07, 6.45) is 5.72. The Balaban J connectivity index is 0.000000531. The zero-order chi connectivity index (χ0) is 11.1. The SMILES string of the molecule is CC.CCN1CCCC(N2CCCC2)C1. The van der Waals surface area contributed by atoms with Crippen LogP contribution in [0, 0.1) is 0 Å². The largest absolute Gasteiger partial charge is 0.302 e. The van der Waals surface area contributed by atoms with Crippen molar-refractivity contribution < 1.29 is 0 Å². The lowest BCUT2D eigenvalue weighted by molar-refractivity contribution is 0.119. The van der Waals surface area contributed by atoms with Crippen LogP contribution in [0.5, 0.6) is 0 Å². The van der Waals surface area contributed by atoms with Crippen molar-refractivity contribution in [2.24, 2.45) is 0 Å². The van der Waals surface area contributed by atoms with Gasteiger partial charge in [-0.3, -0.25) is 4.90 Å². The molecule has 2 fully saturated rings. The van der Waals surface area contributed by atoms with E-state index in [1.165, 1.54) is 58.4 Å². The van der Waals surface area contributed by atoms with Crippen molar-refractivity contribution in [3.8, 4) is 0 Å². The van der Waals surface area contributed by atoms with E-state index in [4.69, 9.17) is 0 Å². The van der Waals surface area contributed by atoms with Gasteiger partial charge in [0.25, 0.3) is 0 Å². The van der Waals surface area contributed by atoms with Gasteiger partial charge in [0.1, 0.15) is 0 Å². The van der Waals surface area contributed by atoms with E-state index >= 15 is 0 Å². The van der Waals surface area contributed by atoms with Gasteiger partial charge < -0.3 is 4.90 Å². The summed E-state index contributed by atoms with van der Waals surface area (Å²) in [5, 5.41) is 0. The van der Waals surface area contributed by atoms with Gasteiger partial charge in [0.2, 0.25) is 0 Å². The second kappa shape index (κ2) is 7.24. The maximum Gasteiger partial charge on any atom is 0.0223 e. The predicted octanol–water partition coefficient (Wildman–Crippen LogP) is 2.59. The summed E-state index contributed by atoms with van der Waals surface area (Å²) >= 11 is 0. The molecule has 2 rings (SSSR count). The first kappa shape index (κ1) is 13.0. The monoisotopic (exact) mass is 212 g/mol. The van der Waals surface area contributed by atoms with Gasteiger partial charge in [0.05, 0.1) is 0 Å². The molecule has 2 saturated heterocycles. The van der Waals surface area contributed by atoms with Crippen LogP contribution in [0.1, 0.15) is 46.5 Å². The fraction of sp³-hybridized carbons (Fsp3) is 1.00. The van der Waals surface area contributed by atoms with E-state index in [-0.39, 0.29) is 0 Å². The van der Waals surface area contributed by atoms with Crippen molar-refractivity contribution in [1.29, 1.82) is 0 Å². The maximum atomic E-state index is 2.71. The van der Waals surface area contributed by atoms with Crippen molar-refractivity contribution in [2.45, 2.75) is 52.5 Å². The smallest absolute Gasteiger partial charge is 0.0223 e. The number of likely N-dealkylation sites (tertiary alicyclic amines) is 2. The van der Waals surface area contributed by atoms with E-state index in [1.807, 2.05) is 13.8 Å². The predicted molar refractivity (Wildman–Crippen MR) is 67.3 cm³/mol. The molecule has 1 atom stereocenters. The number of likely N-dealkylation sites (N-methyl/N-ethyl adjacent to an activating group) is 1. The number of nitrogens with zero attached hydrogens (tertiary/aromatic N) is 2. The third-order valence-electron chi connectivity index (χ3n) is 3.58. The third-order valence-corrected chi connectivity index (χ3v) is 3.58. The Bertz CT molecular complexity index is 153. The molecular formula is C13H28N2. The van der Waals surface area contributed by atoms with Crippen molar-refractivity contribution >= 4 is 0 Å². The van der Waals surface area contributed by atoms with Gasteiger partial charge in [0, 0.05) is 12.6 Å². The molecule has 0 aliphatic carbocycles. The van der Waals surface area contributed by atoms with Crippen LogP contribution < -0.4 is 0 Å². The average molecular weight is 212 g/mol.